The van der Waals surface area contributed by atoms with E-state index in [1.54, 1.807) is 0 Å². The van der Waals surface area contributed by atoms with Crippen LogP contribution in [0.15, 0.2) is 0 Å². The first-order valence-electron chi connectivity index (χ1n) is 38.8. The van der Waals surface area contributed by atoms with Crippen molar-refractivity contribution in [2.45, 2.75) is 395 Å². The number of aliphatic hydroxyl groups excluding tert-OH is 1. The molecule has 0 heterocycles. The molecule has 0 aromatic carbocycles. The van der Waals surface area contributed by atoms with Gasteiger partial charge in [-0.1, -0.05) is 325 Å². The molecule has 19 heteroatoms. The number of unbranched alkanes of at least 4 members (excludes halogenated alkanes) is 36. The molecule has 17 nitrogen and oxygen atoms in total. The predicted octanol–water partition coefficient (Wildman–Crippen LogP) is 21.7. The van der Waals surface area contributed by atoms with Gasteiger partial charge in [0, 0.05) is 25.7 Å². The van der Waals surface area contributed by atoms with E-state index in [0.29, 0.717) is 25.7 Å². The number of ether oxygens (including phenoxy) is 4. The highest BCUT2D eigenvalue weighted by Gasteiger charge is 2.30. The molecule has 0 aromatic rings. The maximum absolute atomic E-state index is 13.1. The van der Waals surface area contributed by atoms with Gasteiger partial charge in [0.1, 0.15) is 19.3 Å². The Morgan fingerprint density at radius 2 is 0.511 bits per heavy atom. The van der Waals surface area contributed by atoms with Crippen molar-refractivity contribution in [1.82, 2.24) is 0 Å². The molecule has 0 rings (SSSR count). The molecule has 0 fully saturated rings. The molecule has 558 valence electrons. The molecule has 0 saturated carbocycles. The summed E-state index contributed by atoms with van der Waals surface area (Å²) in [7, 11) is -9.91. The maximum Gasteiger partial charge on any atom is 0.472 e. The van der Waals surface area contributed by atoms with Crippen molar-refractivity contribution in [1.29, 1.82) is 0 Å². The molecule has 0 bridgehead atoms. The van der Waals surface area contributed by atoms with Crippen molar-refractivity contribution in [3.8, 4) is 0 Å². The lowest BCUT2D eigenvalue weighted by Crippen LogP contribution is -2.30. The van der Waals surface area contributed by atoms with Gasteiger partial charge in [-0.05, 0) is 49.4 Å². The third-order valence-corrected chi connectivity index (χ3v) is 19.9. The molecular formula is C75H146O17P2. The van der Waals surface area contributed by atoms with Crippen molar-refractivity contribution >= 4 is 39.5 Å². The average Bonchev–Trinajstić information content (AvgIpc) is 1.73. The second-order valence-electron chi connectivity index (χ2n) is 28.5. The molecule has 0 spiro atoms. The van der Waals surface area contributed by atoms with Gasteiger partial charge in [0.2, 0.25) is 0 Å². The Balaban J connectivity index is 5.18. The lowest BCUT2D eigenvalue weighted by molar-refractivity contribution is -0.161. The van der Waals surface area contributed by atoms with Crippen LogP contribution in [0.2, 0.25) is 0 Å². The lowest BCUT2D eigenvalue weighted by atomic mass is 10.00. The van der Waals surface area contributed by atoms with E-state index >= 15 is 0 Å². The minimum Gasteiger partial charge on any atom is -0.462 e. The minimum absolute atomic E-state index is 0.102. The first-order valence-corrected chi connectivity index (χ1v) is 41.8. The van der Waals surface area contributed by atoms with Gasteiger partial charge in [0.05, 0.1) is 26.4 Å². The van der Waals surface area contributed by atoms with Crippen LogP contribution in [0.3, 0.4) is 0 Å². The molecule has 4 unspecified atom stereocenters. The Hall–Kier alpha value is -1.94. The molecular weight excluding hydrogens is 1230 g/mol. The summed E-state index contributed by atoms with van der Waals surface area (Å²) in [4.78, 5) is 72.7. The van der Waals surface area contributed by atoms with E-state index in [0.717, 1.165) is 120 Å². The Bertz CT molecular complexity index is 1850. The molecule has 0 aliphatic heterocycles. The van der Waals surface area contributed by atoms with Gasteiger partial charge in [-0.3, -0.25) is 37.3 Å². The summed E-state index contributed by atoms with van der Waals surface area (Å²) < 4.78 is 68.4. The summed E-state index contributed by atoms with van der Waals surface area (Å²) in [5.74, 6) is 0.903. The van der Waals surface area contributed by atoms with Gasteiger partial charge < -0.3 is 33.8 Å². The van der Waals surface area contributed by atoms with Gasteiger partial charge in [0.25, 0.3) is 0 Å². The second-order valence-corrected chi connectivity index (χ2v) is 31.4. The fraction of sp³-hybridized carbons (Fsp3) is 0.947. The highest BCUT2D eigenvalue weighted by atomic mass is 31.2. The second kappa shape index (κ2) is 64.4. The fourth-order valence-electron chi connectivity index (χ4n) is 11.3. The van der Waals surface area contributed by atoms with Crippen LogP contribution in [-0.4, -0.2) is 96.7 Å². The van der Waals surface area contributed by atoms with Gasteiger partial charge in [-0.15, -0.1) is 0 Å². The lowest BCUT2D eigenvalue weighted by Gasteiger charge is -2.21. The van der Waals surface area contributed by atoms with Crippen LogP contribution < -0.4 is 0 Å². The first kappa shape index (κ1) is 92.1. The molecule has 0 aliphatic rings. The van der Waals surface area contributed by atoms with Crippen molar-refractivity contribution in [3.05, 3.63) is 0 Å². The minimum atomic E-state index is -4.96. The van der Waals surface area contributed by atoms with Crippen LogP contribution in [0, 0.1) is 23.7 Å². The zero-order valence-corrected chi connectivity index (χ0v) is 63.4. The quantitative estimate of drug-likeness (QED) is 0.0222. The van der Waals surface area contributed by atoms with Crippen molar-refractivity contribution < 1.29 is 80.2 Å². The fourth-order valence-corrected chi connectivity index (χ4v) is 12.9. The van der Waals surface area contributed by atoms with Crippen LogP contribution in [0.25, 0.3) is 0 Å². The Morgan fingerprint density at radius 3 is 0.755 bits per heavy atom. The zero-order valence-electron chi connectivity index (χ0n) is 61.6. The SMILES string of the molecule is CCC(C)CCCCCCCCC(=O)OC[C@H](COP(=O)(O)OC[C@H](O)COP(=O)(O)OC[C@@H](COC(=O)CCCCCCCCCCCCC(C)C)OC(=O)CCCCCCCCC(C)CC)OC(=O)CCCCCCCCCCCCCCCCCCCCC(C)C. The number of carbonyl (C=O) groups is 4. The molecule has 7 atom stereocenters. The van der Waals surface area contributed by atoms with Crippen LogP contribution in [0.4, 0.5) is 0 Å². The standard InChI is InChI=1S/C75H146O17P2/c1-9-67(7)53-45-37-31-33-40-48-56-73(78)86-62-70(91-74(79)57-49-41-30-26-20-18-16-14-12-11-13-15-17-19-23-27-35-43-51-65(3)4)63-89-93(81,82)87-59-69(76)60-88-94(83,84)90-64-71(92-75(80)58-50-42-34-32-38-46-54-68(8)10-2)61-85-72(77)55-47-39-29-25-22-21-24-28-36-44-52-66(5)6/h65-71,76H,9-64H2,1-8H3,(H,81,82)(H,83,84)/t67?,68?,69-,70+,71+/m0/s1. The Kier molecular flexibility index (Phi) is 63.1. The summed E-state index contributed by atoms with van der Waals surface area (Å²) in [5.41, 5.74) is 0. The van der Waals surface area contributed by atoms with E-state index in [4.69, 9.17) is 37.0 Å². The number of phosphoric ester groups is 2. The van der Waals surface area contributed by atoms with Gasteiger partial charge in [-0.2, -0.15) is 0 Å². The number of aliphatic hydroxyl groups is 1. The number of esters is 4. The van der Waals surface area contributed by atoms with Gasteiger partial charge in [-0.25, -0.2) is 9.13 Å². The van der Waals surface area contributed by atoms with Crippen LogP contribution >= 0.6 is 15.6 Å². The highest BCUT2D eigenvalue weighted by molar-refractivity contribution is 7.47. The molecule has 94 heavy (non-hydrogen) atoms. The number of carbonyl (C=O) groups excluding carboxylic acids is 4. The Labute approximate surface area is 575 Å². The molecule has 0 saturated heterocycles. The van der Waals surface area contributed by atoms with Gasteiger partial charge in [0.15, 0.2) is 12.2 Å². The predicted molar refractivity (Wildman–Crippen MR) is 381 cm³/mol. The topological polar surface area (TPSA) is 237 Å². The summed E-state index contributed by atoms with van der Waals surface area (Å²) in [6.45, 7) is 14.1. The number of hydrogen-bond donors (Lipinski definition) is 3. The van der Waals surface area contributed by atoms with E-state index in [9.17, 15) is 43.2 Å². The third kappa shape index (κ3) is 66.0. The van der Waals surface area contributed by atoms with Crippen LogP contribution in [0.5, 0.6) is 0 Å². The molecule has 0 aromatic heterocycles. The smallest absolute Gasteiger partial charge is 0.462 e. The summed E-state index contributed by atoms with van der Waals surface area (Å²) in [6, 6.07) is 0. The van der Waals surface area contributed by atoms with Crippen LogP contribution in [0.1, 0.15) is 376 Å². The van der Waals surface area contributed by atoms with Gasteiger partial charge >= 0.3 is 39.5 Å². The number of hydrogen-bond acceptors (Lipinski definition) is 15. The van der Waals surface area contributed by atoms with E-state index in [1.807, 2.05) is 0 Å². The summed E-state index contributed by atoms with van der Waals surface area (Å²) in [5, 5.41) is 10.6. The maximum atomic E-state index is 13.1. The van der Waals surface area contributed by atoms with E-state index < -0.39 is 97.5 Å². The zero-order chi connectivity index (χ0) is 69.6. The molecule has 0 amide bonds. The monoisotopic (exact) mass is 1380 g/mol. The molecule has 3 N–H and O–H groups in total. The van der Waals surface area contributed by atoms with E-state index in [1.165, 1.54) is 173 Å². The third-order valence-electron chi connectivity index (χ3n) is 18.0. The van der Waals surface area contributed by atoms with Crippen molar-refractivity contribution in [2.24, 2.45) is 23.7 Å². The average molecular weight is 1380 g/mol. The normalized spacial score (nSPS) is 14.7. The summed E-state index contributed by atoms with van der Waals surface area (Å²) >= 11 is 0. The Morgan fingerprint density at radius 1 is 0.298 bits per heavy atom. The number of rotatable bonds is 72. The molecule has 0 aliphatic carbocycles. The van der Waals surface area contributed by atoms with E-state index in [2.05, 4.69) is 55.4 Å². The van der Waals surface area contributed by atoms with E-state index in [-0.39, 0.29) is 25.7 Å². The number of phosphoric acid groups is 2. The van der Waals surface area contributed by atoms with Crippen molar-refractivity contribution in [2.75, 3.05) is 39.6 Å². The van der Waals surface area contributed by atoms with Crippen LogP contribution in [-0.2, 0) is 65.4 Å². The first-order chi connectivity index (χ1) is 45.2. The largest absolute Gasteiger partial charge is 0.472 e. The highest BCUT2D eigenvalue weighted by Crippen LogP contribution is 2.45. The summed E-state index contributed by atoms with van der Waals surface area (Å²) in [6.07, 6.45) is 48.8. The van der Waals surface area contributed by atoms with Crippen molar-refractivity contribution in [3.63, 3.8) is 0 Å². The molecule has 0 radical (unpaired) electrons.